The van der Waals surface area contributed by atoms with Gasteiger partial charge in [-0.15, -0.1) is 0 Å². The maximum Gasteiger partial charge on any atom is 0.125 e. The first-order valence-corrected chi connectivity index (χ1v) is 5.17. The number of aryl methyl sites for hydroxylation is 3. The molecule has 1 saturated carbocycles. The molecule has 0 amide bonds. The van der Waals surface area contributed by atoms with Gasteiger partial charge >= 0.3 is 0 Å². The average molecular weight is 191 g/mol. The molecule has 1 heterocycles. The Balaban J connectivity index is 2.02. The molecule has 1 aromatic heterocycles. The number of hydrogen-bond acceptors (Lipinski definition) is 3. The summed E-state index contributed by atoms with van der Waals surface area (Å²) in [7, 11) is 0. The SMILES string of the molecule is Cc1ncc(CCC2(N)CC2)c(C)n1. The molecule has 0 bridgehead atoms. The van der Waals surface area contributed by atoms with Crippen LogP contribution in [-0.4, -0.2) is 15.5 Å². The molecule has 0 aromatic carbocycles. The predicted molar refractivity (Wildman–Crippen MR) is 56.0 cm³/mol. The number of nitrogens with zero attached hydrogens (tertiary/aromatic N) is 2. The zero-order chi connectivity index (χ0) is 10.2. The third-order valence-corrected chi connectivity index (χ3v) is 2.99. The second-order valence-electron chi connectivity index (χ2n) is 4.39. The van der Waals surface area contributed by atoms with Crippen LogP contribution in [0.25, 0.3) is 0 Å². The smallest absolute Gasteiger partial charge is 0.125 e. The molecule has 0 saturated heterocycles. The van der Waals surface area contributed by atoms with E-state index in [9.17, 15) is 0 Å². The fraction of sp³-hybridized carbons (Fsp3) is 0.636. The highest BCUT2D eigenvalue weighted by atomic mass is 14.9. The summed E-state index contributed by atoms with van der Waals surface area (Å²) in [5.41, 5.74) is 8.51. The maximum atomic E-state index is 6.03. The molecular weight excluding hydrogens is 174 g/mol. The largest absolute Gasteiger partial charge is 0.325 e. The Bertz CT molecular complexity index is 342. The van der Waals surface area contributed by atoms with E-state index in [2.05, 4.69) is 9.97 Å². The van der Waals surface area contributed by atoms with Gasteiger partial charge in [0.15, 0.2) is 0 Å². The van der Waals surface area contributed by atoms with E-state index < -0.39 is 0 Å². The van der Waals surface area contributed by atoms with Gasteiger partial charge in [-0.25, -0.2) is 9.97 Å². The second kappa shape index (κ2) is 3.31. The second-order valence-corrected chi connectivity index (χ2v) is 4.39. The summed E-state index contributed by atoms with van der Waals surface area (Å²) in [6.07, 6.45) is 6.38. The van der Waals surface area contributed by atoms with Crippen molar-refractivity contribution in [3.63, 3.8) is 0 Å². The fourth-order valence-electron chi connectivity index (χ4n) is 1.65. The van der Waals surface area contributed by atoms with Crippen LogP contribution in [0.2, 0.25) is 0 Å². The van der Waals surface area contributed by atoms with Gasteiger partial charge in [0.1, 0.15) is 5.82 Å². The van der Waals surface area contributed by atoms with Gasteiger partial charge < -0.3 is 5.73 Å². The molecule has 1 aromatic rings. The van der Waals surface area contributed by atoms with Crippen molar-refractivity contribution in [2.75, 3.05) is 0 Å². The van der Waals surface area contributed by atoms with Crippen molar-refractivity contribution < 1.29 is 0 Å². The third kappa shape index (κ3) is 2.10. The lowest BCUT2D eigenvalue weighted by molar-refractivity contribution is 0.605. The van der Waals surface area contributed by atoms with Crippen LogP contribution in [0.15, 0.2) is 6.20 Å². The molecule has 1 fully saturated rings. The van der Waals surface area contributed by atoms with Gasteiger partial charge in [0.05, 0.1) is 0 Å². The molecule has 2 rings (SSSR count). The molecule has 0 aliphatic heterocycles. The molecule has 0 atom stereocenters. The summed E-state index contributed by atoms with van der Waals surface area (Å²) in [6, 6.07) is 0. The van der Waals surface area contributed by atoms with Gasteiger partial charge in [-0.2, -0.15) is 0 Å². The number of aromatic nitrogens is 2. The van der Waals surface area contributed by atoms with Crippen molar-refractivity contribution in [3.05, 3.63) is 23.3 Å². The van der Waals surface area contributed by atoms with Gasteiger partial charge in [-0.3, -0.25) is 0 Å². The van der Waals surface area contributed by atoms with Gasteiger partial charge in [-0.1, -0.05) is 0 Å². The van der Waals surface area contributed by atoms with Crippen LogP contribution in [0.1, 0.15) is 36.3 Å². The fourth-order valence-corrected chi connectivity index (χ4v) is 1.65. The van der Waals surface area contributed by atoms with Crippen molar-refractivity contribution >= 4 is 0 Å². The topological polar surface area (TPSA) is 51.8 Å². The van der Waals surface area contributed by atoms with Gasteiger partial charge in [0.25, 0.3) is 0 Å². The molecule has 0 radical (unpaired) electrons. The monoisotopic (exact) mass is 191 g/mol. The van der Waals surface area contributed by atoms with E-state index in [1.54, 1.807) is 0 Å². The van der Waals surface area contributed by atoms with Gasteiger partial charge in [0.2, 0.25) is 0 Å². The molecule has 1 aliphatic rings. The number of nitrogens with two attached hydrogens (primary N) is 1. The summed E-state index contributed by atoms with van der Waals surface area (Å²) >= 11 is 0. The quantitative estimate of drug-likeness (QED) is 0.788. The van der Waals surface area contributed by atoms with Crippen molar-refractivity contribution in [3.8, 4) is 0 Å². The Hall–Kier alpha value is -0.960. The van der Waals surface area contributed by atoms with Crippen molar-refractivity contribution in [1.82, 2.24) is 9.97 Å². The van der Waals surface area contributed by atoms with E-state index >= 15 is 0 Å². The first-order chi connectivity index (χ1) is 6.59. The lowest BCUT2D eigenvalue weighted by Crippen LogP contribution is -2.22. The Morgan fingerprint density at radius 1 is 1.43 bits per heavy atom. The lowest BCUT2D eigenvalue weighted by atomic mass is 10.0. The molecule has 0 spiro atoms. The zero-order valence-corrected chi connectivity index (χ0v) is 8.88. The molecule has 1 aliphatic carbocycles. The van der Waals surface area contributed by atoms with E-state index in [0.717, 1.165) is 24.4 Å². The van der Waals surface area contributed by atoms with E-state index in [4.69, 9.17) is 5.73 Å². The summed E-state index contributed by atoms with van der Waals surface area (Å²) < 4.78 is 0. The number of hydrogen-bond donors (Lipinski definition) is 1. The average Bonchev–Trinajstić information content (AvgIpc) is 2.83. The summed E-state index contributed by atoms with van der Waals surface area (Å²) in [4.78, 5) is 8.55. The Morgan fingerprint density at radius 3 is 2.71 bits per heavy atom. The molecule has 14 heavy (non-hydrogen) atoms. The highest BCUT2D eigenvalue weighted by molar-refractivity contribution is 5.17. The van der Waals surface area contributed by atoms with Crippen molar-refractivity contribution in [2.24, 2.45) is 5.73 Å². The number of rotatable bonds is 3. The van der Waals surface area contributed by atoms with Crippen molar-refractivity contribution in [2.45, 2.75) is 45.1 Å². The summed E-state index contributed by atoms with van der Waals surface area (Å²) in [5.74, 6) is 0.847. The van der Waals surface area contributed by atoms with Gasteiger partial charge in [-0.05, 0) is 45.1 Å². The van der Waals surface area contributed by atoms with Crippen LogP contribution < -0.4 is 5.73 Å². The molecule has 3 nitrogen and oxygen atoms in total. The molecule has 76 valence electrons. The van der Waals surface area contributed by atoms with E-state index in [-0.39, 0.29) is 5.54 Å². The minimum atomic E-state index is 0.136. The minimum absolute atomic E-state index is 0.136. The molecule has 0 unspecified atom stereocenters. The summed E-state index contributed by atoms with van der Waals surface area (Å²) in [6.45, 7) is 3.96. The minimum Gasteiger partial charge on any atom is -0.325 e. The van der Waals surface area contributed by atoms with Crippen LogP contribution in [0.5, 0.6) is 0 Å². The highest BCUT2D eigenvalue weighted by Gasteiger charge is 2.37. The predicted octanol–water partition coefficient (Wildman–Crippen LogP) is 1.52. The Kier molecular flexibility index (Phi) is 2.27. The molecular formula is C11H17N3. The van der Waals surface area contributed by atoms with Gasteiger partial charge in [0, 0.05) is 17.4 Å². The Labute approximate surface area is 84.8 Å². The first kappa shape index (κ1) is 9.59. The van der Waals surface area contributed by atoms with Crippen LogP contribution in [-0.2, 0) is 6.42 Å². The van der Waals surface area contributed by atoms with E-state index in [1.165, 1.54) is 18.4 Å². The first-order valence-electron chi connectivity index (χ1n) is 5.17. The van der Waals surface area contributed by atoms with Crippen LogP contribution in [0.4, 0.5) is 0 Å². The lowest BCUT2D eigenvalue weighted by Gasteiger charge is -2.09. The van der Waals surface area contributed by atoms with Crippen molar-refractivity contribution in [1.29, 1.82) is 0 Å². The van der Waals surface area contributed by atoms with Crippen LogP contribution in [0, 0.1) is 13.8 Å². The Morgan fingerprint density at radius 2 is 2.14 bits per heavy atom. The highest BCUT2D eigenvalue weighted by Crippen LogP contribution is 2.36. The maximum absolute atomic E-state index is 6.03. The zero-order valence-electron chi connectivity index (χ0n) is 8.88. The van der Waals surface area contributed by atoms with Crippen LogP contribution >= 0.6 is 0 Å². The third-order valence-electron chi connectivity index (χ3n) is 2.99. The summed E-state index contributed by atoms with van der Waals surface area (Å²) in [5, 5.41) is 0. The van der Waals surface area contributed by atoms with Crippen LogP contribution in [0.3, 0.4) is 0 Å². The standard InChI is InChI=1S/C11H17N3/c1-8-10(7-13-9(2)14-8)3-4-11(12)5-6-11/h7H,3-6,12H2,1-2H3. The molecule has 3 heteroatoms. The normalized spacial score (nSPS) is 18.2. The van der Waals surface area contributed by atoms with E-state index in [1.807, 2.05) is 20.0 Å². The molecule has 2 N–H and O–H groups in total. The van der Waals surface area contributed by atoms with E-state index in [0.29, 0.717) is 0 Å².